The average Bonchev–Trinajstić information content (AvgIpc) is 2.20. The molecule has 0 aromatic rings. The highest BCUT2D eigenvalue weighted by Crippen LogP contribution is 2.21. The summed E-state index contributed by atoms with van der Waals surface area (Å²) in [6, 6.07) is 0.818. The zero-order valence-corrected chi connectivity index (χ0v) is 9.19. The van der Waals surface area contributed by atoms with Gasteiger partial charge in [0.2, 0.25) is 0 Å². The summed E-state index contributed by atoms with van der Waals surface area (Å²) >= 11 is 0. The second-order valence-electron chi connectivity index (χ2n) is 3.28. The van der Waals surface area contributed by atoms with Gasteiger partial charge in [-0.25, -0.2) is 0 Å². The predicted octanol–water partition coefficient (Wildman–Crippen LogP) is 3.20. The van der Waals surface area contributed by atoms with Gasteiger partial charge in [-0.3, -0.25) is 0 Å². The smallest absolute Gasteiger partial charge is 0.00926 e. The average molecular weight is 171 g/mol. The Morgan fingerprint density at radius 1 is 1.17 bits per heavy atom. The lowest BCUT2D eigenvalue weighted by molar-refractivity contribution is 0.267. The van der Waals surface area contributed by atoms with Gasteiger partial charge in [0.25, 0.3) is 0 Å². The van der Waals surface area contributed by atoms with Gasteiger partial charge in [-0.05, 0) is 31.7 Å². The Labute approximate surface area is 77.9 Å². The number of rotatable bonds is 2. The zero-order chi connectivity index (χ0) is 9.40. The second kappa shape index (κ2) is 7.60. The molecule has 1 rings (SSSR count). The van der Waals surface area contributed by atoms with E-state index < -0.39 is 0 Å². The van der Waals surface area contributed by atoms with Gasteiger partial charge in [-0.1, -0.05) is 34.1 Å². The van der Waals surface area contributed by atoms with Gasteiger partial charge < -0.3 is 5.32 Å². The van der Waals surface area contributed by atoms with Gasteiger partial charge in [-0.2, -0.15) is 0 Å². The number of hydrogen-bond donors (Lipinski definition) is 1. The first-order valence-electron chi connectivity index (χ1n) is 5.61. The quantitative estimate of drug-likeness (QED) is 0.673. The Morgan fingerprint density at radius 3 is 2.25 bits per heavy atom. The van der Waals surface area contributed by atoms with E-state index in [0.717, 1.165) is 12.0 Å². The normalized spacial score (nSPS) is 29.0. The Morgan fingerprint density at radius 2 is 1.83 bits per heavy atom. The van der Waals surface area contributed by atoms with E-state index >= 15 is 0 Å². The first-order chi connectivity index (χ1) is 5.88. The van der Waals surface area contributed by atoms with Gasteiger partial charge in [0, 0.05) is 6.04 Å². The van der Waals surface area contributed by atoms with Gasteiger partial charge in [-0.15, -0.1) is 0 Å². The van der Waals surface area contributed by atoms with Crippen LogP contribution in [0.3, 0.4) is 0 Å². The lowest BCUT2D eigenvalue weighted by Crippen LogP contribution is -2.40. The summed E-state index contributed by atoms with van der Waals surface area (Å²) in [5.74, 6) is 0.957. The highest BCUT2D eigenvalue weighted by atomic mass is 14.9. The maximum atomic E-state index is 3.57. The number of hydrogen-bond acceptors (Lipinski definition) is 1. The molecule has 0 radical (unpaired) electrons. The maximum absolute atomic E-state index is 3.57. The topological polar surface area (TPSA) is 12.0 Å². The summed E-state index contributed by atoms with van der Waals surface area (Å²) in [6.07, 6.45) is 5.49. The molecular formula is C11H25N. The molecule has 1 heteroatoms. The summed E-state index contributed by atoms with van der Waals surface area (Å²) < 4.78 is 0. The molecule has 12 heavy (non-hydrogen) atoms. The van der Waals surface area contributed by atoms with Crippen molar-refractivity contribution < 1.29 is 0 Å². The second-order valence-corrected chi connectivity index (χ2v) is 3.28. The molecule has 1 heterocycles. The van der Waals surface area contributed by atoms with E-state index in [0.29, 0.717) is 0 Å². The first kappa shape index (κ1) is 12.0. The van der Waals surface area contributed by atoms with E-state index in [1.807, 2.05) is 13.8 Å². The van der Waals surface area contributed by atoms with Crippen molar-refractivity contribution in [3.05, 3.63) is 0 Å². The van der Waals surface area contributed by atoms with Crippen LogP contribution in [0.5, 0.6) is 0 Å². The van der Waals surface area contributed by atoms with E-state index in [-0.39, 0.29) is 0 Å². The predicted molar refractivity (Wildman–Crippen MR) is 56.4 cm³/mol. The fourth-order valence-electron chi connectivity index (χ4n) is 1.99. The van der Waals surface area contributed by atoms with Crippen molar-refractivity contribution in [2.75, 3.05) is 6.54 Å². The third-order valence-corrected chi connectivity index (χ3v) is 2.69. The number of piperidine rings is 1. The van der Waals surface area contributed by atoms with Crippen molar-refractivity contribution in [3.63, 3.8) is 0 Å². The highest BCUT2D eigenvalue weighted by Gasteiger charge is 2.20. The summed E-state index contributed by atoms with van der Waals surface area (Å²) in [6.45, 7) is 9.83. The van der Waals surface area contributed by atoms with Crippen LogP contribution in [0.2, 0.25) is 0 Å². The molecule has 0 aliphatic carbocycles. The van der Waals surface area contributed by atoms with Crippen LogP contribution in [-0.2, 0) is 0 Å². The molecule has 1 saturated heterocycles. The third-order valence-electron chi connectivity index (χ3n) is 2.69. The van der Waals surface area contributed by atoms with Crippen LogP contribution in [0, 0.1) is 5.92 Å². The van der Waals surface area contributed by atoms with E-state index in [1.165, 1.54) is 32.2 Å². The fraction of sp³-hybridized carbons (Fsp3) is 1.00. The molecule has 0 aromatic carbocycles. The SMILES string of the molecule is CC.CCC1CCCNC1CC. The Kier molecular flexibility index (Phi) is 7.58. The largest absolute Gasteiger partial charge is 0.314 e. The minimum atomic E-state index is 0.818. The van der Waals surface area contributed by atoms with Crippen molar-refractivity contribution in [2.24, 2.45) is 5.92 Å². The Bertz CT molecular complexity index is 79.0. The van der Waals surface area contributed by atoms with Crippen molar-refractivity contribution >= 4 is 0 Å². The Hall–Kier alpha value is -0.0400. The summed E-state index contributed by atoms with van der Waals surface area (Å²) in [4.78, 5) is 0. The molecule has 1 aliphatic rings. The summed E-state index contributed by atoms with van der Waals surface area (Å²) in [7, 11) is 0. The van der Waals surface area contributed by atoms with Crippen molar-refractivity contribution in [1.29, 1.82) is 0 Å². The van der Waals surface area contributed by atoms with Crippen LogP contribution in [-0.4, -0.2) is 12.6 Å². The molecule has 0 amide bonds. The van der Waals surface area contributed by atoms with Crippen molar-refractivity contribution in [3.8, 4) is 0 Å². The molecule has 1 fully saturated rings. The monoisotopic (exact) mass is 171 g/mol. The van der Waals surface area contributed by atoms with Gasteiger partial charge in [0.05, 0.1) is 0 Å². The molecule has 2 atom stereocenters. The molecule has 74 valence electrons. The van der Waals surface area contributed by atoms with E-state index in [2.05, 4.69) is 19.2 Å². The molecule has 0 saturated carbocycles. The van der Waals surface area contributed by atoms with E-state index in [1.54, 1.807) is 0 Å². The first-order valence-corrected chi connectivity index (χ1v) is 5.61. The Balaban J connectivity index is 0.000000561. The van der Waals surface area contributed by atoms with Gasteiger partial charge >= 0.3 is 0 Å². The molecule has 2 unspecified atom stereocenters. The minimum Gasteiger partial charge on any atom is -0.314 e. The standard InChI is InChI=1S/C9H19N.C2H6/c1-3-8-6-5-7-10-9(8)4-2;1-2/h8-10H,3-7H2,1-2H3;1-2H3. The highest BCUT2D eigenvalue weighted by molar-refractivity contribution is 4.78. The molecule has 0 bridgehead atoms. The number of nitrogens with one attached hydrogen (secondary N) is 1. The van der Waals surface area contributed by atoms with Gasteiger partial charge in [0.15, 0.2) is 0 Å². The fourth-order valence-corrected chi connectivity index (χ4v) is 1.99. The molecule has 0 aromatic heterocycles. The van der Waals surface area contributed by atoms with E-state index in [9.17, 15) is 0 Å². The molecule has 1 N–H and O–H groups in total. The molecule has 1 aliphatic heterocycles. The van der Waals surface area contributed by atoms with Crippen molar-refractivity contribution in [2.45, 2.75) is 59.4 Å². The molecule has 0 spiro atoms. The lowest BCUT2D eigenvalue weighted by atomic mass is 9.87. The van der Waals surface area contributed by atoms with Crippen LogP contribution in [0.25, 0.3) is 0 Å². The maximum Gasteiger partial charge on any atom is 0.00926 e. The molecular weight excluding hydrogens is 146 g/mol. The van der Waals surface area contributed by atoms with Crippen LogP contribution in [0.1, 0.15) is 53.4 Å². The zero-order valence-electron chi connectivity index (χ0n) is 9.19. The van der Waals surface area contributed by atoms with Gasteiger partial charge in [0.1, 0.15) is 0 Å². The van der Waals surface area contributed by atoms with Crippen LogP contribution in [0.15, 0.2) is 0 Å². The minimum absolute atomic E-state index is 0.818. The molecule has 1 nitrogen and oxygen atoms in total. The van der Waals surface area contributed by atoms with E-state index in [4.69, 9.17) is 0 Å². The third kappa shape index (κ3) is 3.57. The van der Waals surface area contributed by atoms with Crippen LogP contribution in [0.4, 0.5) is 0 Å². The van der Waals surface area contributed by atoms with Crippen LogP contribution >= 0.6 is 0 Å². The summed E-state index contributed by atoms with van der Waals surface area (Å²) in [5, 5.41) is 3.57. The van der Waals surface area contributed by atoms with Crippen molar-refractivity contribution in [1.82, 2.24) is 5.32 Å². The summed E-state index contributed by atoms with van der Waals surface area (Å²) in [5.41, 5.74) is 0. The van der Waals surface area contributed by atoms with Crippen LogP contribution < -0.4 is 5.32 Å². The lowest BCUT2D eigenvalue weighted by Gasteiger charge is -2.31.